The summed E-state index contributed by atoms with van der Waals surface area (Å²) in [7, 11) is 2.04. The maximum absolute atomic E-state index is 5.61. The van der Waals surface area contributed by atoms with E-state index in [9.17, 15) is 0 Å². The Kier molecular flexibility index (Phi) is 5.10. The van der Waals surface area contributed by atoms with Crippen LogP contribution >= 0.6 is 11.8 Å². The van der Waals surface area contributed by atoms with E-state index in [-0.39, 0.29) is 0 Å². The van der Waals surface area contributed by atoms with E-state index in [2.05, 4.69) is 43.4 Å². The summed E-state index contributed by atoms with van der Waals surface area (Å²) < 4.78 is 5.61. The van der Waals surface area contributed by atoms with Crippen molar-refractivity contribution in [2.24, 2.45) is 0 Å². The Morgan fingerprint density at radius 1 is 1.39 bits per heavy atom. The molecule has 2 nitrogen and oxygen atoms in total. The van der Waals surface area contributed by atoms with Crippen molar-refractivity contribution in [3.8, 4) is 0 Å². The van der Waals surface area contributed by atoms with Crippen LogP contribution in [0.15, 0.2) is 24.3 Å². The van der Waals surface area contributed by atoms with E-state index in [0.29, 0.717) is 17.4 Å². The van der Waals surface area contributed by atoms with Gasteiger partial charge >= 0.3 is 0 Å². The number of aryl methyl sites for hydroxylation is 1. The second-order valence-corrected chi connectivity index (χ2v) is 6.26. The standard InChI is InChI=1S/C15H23NOS/c1-11-4-6-13(7-5-11)14(16-3)10-18-15-8-9-17-12(15)2/h4-7,12,14-16H,8-10H2,1-3H3. The minimum Gasteiger partial charge on any atom is -0.377 e. The van der Waals surface area contributed by atoms with Gasteiger partial charge in [-0.3, -0.25) is 0 Å². The van der Waals surface area contributed by atoms with Crippen LogP contribution in [0, 0.1) is 6.92 Å². The molecule has 1 N–H and O–H groups in total. The Morgan fingerprint density at radius 3 is 2.67 bits per heavy atom. The van der Waals surface area contributed by atoms with E-state index in [1.807, 2.05) is 18.8 Å². The smallest absolute Gasteiger partial charge is 0.0666 e. The average molecular weight is 265 g/mol. The monoisotopic (exact) mass is 265 g/mol. The Labute approximate surface area is 114 Å². The van der Waals surface area contributed by atoms with Gasteiger partial charge in [-0.05, 0) is 32.9 Å². The summed E-state index contributed by atoms with van der Waals surface area (Å²) in [6.07, 6.45) is 1.60. The van der Waals surface area contributed by atoms with E-state index in [0.717, 1.165) is 12.4 Å². The maximum Gasteiger partial charge on any atom is 0.0666 e. The fourth-order valence-electron chi connectivity index (χ4n) is 2.30. The third-order valence-corrected chi connectivity index (χ3v) is 5.18. The third-order valence-electron chi connectivity index (χ3n) is 3.61. The predicted octanol–water partition coefficient (Wildman–Crippen LogP) is 3.17. The molecule has 1 aromatic carbocycles. The van der Waals surface area contributed by atoms with Gasteiger partial charge in [0.2, 0.25) is 0 Å². The molecule has 0 radical (unpaired) electrons. The topological polar surface area (TPSA) is 21.3 Å². The molecule has 1 saturated heterocycles. The average Bonchev–Trinajstić information content (AvgIpc) is 2.78. The number of rotatable bonds is 5. The predicted molar refractivity (Wildman–Crippen MR) is 79.3 cm³/mol. The van der Waals surface area contributed by atoms with E-state index in [1.165, 1.54) is 17.5 Å². The molecule has 0 aliphatic carbocycles. The van der Waals surface area contributed by atoms with Crippen molar-refractivity contribution in [1.82, 2.24) is 5.32 Å². The lowest BCUT2D eigenvalue weighted by atomic mass is 10.1. The van der Waals surface area contributed by atoms with Crippen LogP contribution in [0.25, 0.3) is 0 Å². The fraction of sp³-hybridized carbons (Fsp3) is 0.600. The lowest BCUT2D eigenvalue weighted by Crippen LogP contribution is -2.22. The Morgan fingerprint density at radius 2 is 2.11 bits per heavy atom. The minimum atomic E-state index is 0.408. The molecule has 3 atom stereocenters. The van der Waals surface area contributed by atoms with Gasteiger partial charge in [0.25, 0.3) is 0 Å². The van der Waals surface area contributed by atoms with E-state index in [1.54, 1.807) is 0 Å². The number of benzene rings is 1. The molecule has 0 bridgehead atoms. The van der Waals surface area contributed by atoms with Crippen molar-refractivity contribution in [3.05, 3.63) is 35.4 Å². The first-order chi connectivity index (χ1) is 8.70. The Bertz CT molecular complexity index is 365. The summed E-state index contributed by atoms with van der Waals surface area (Å²) >= 11 is 2.04. The molecule has 3 unspecified atom stereocenters. The van der Waals surface area contributed by atoms with Gasteiger partial charge < -0.3 is 10.1 Å². The molecule has 0 saturated carbocycles. The molecule has 2 rings (SSSR count). The highest BCUT2D eigenvalue weighted by atomic mass is 32.2. The van der Waals surface area contributed by atoms with Crippen molar-refractivity contribution in [2.45, 2.75) is 37.7 Å². The summed E-state index contributed by atoms with van der Waals surface area (Å²) in [6, 6.07) is 9.26. The van der Waals surface area contributed by atoms with Gasteiger partial charge in [0.15, 0.2) is 0 Å². The SMILES string of the molecule is CNC(CSC1CCOC1C)c1ccc(C)cc1. The zero-order valence-electron chi connectivity index (χ0n) is 11.5. The molecule has 1 aromatic rings. The minimum absolute atomic E-state index is 0.408. The Hall–Kier alpha value is -0.510. The molecule has 0 aromatic heterocycles. The van der Waals surface area contributed by atoms with Crippen LogP contribution in [0.1, 0.15) is 30.5 Å². The van der Waals surface area contributed by atoms with Gasteiger partial charge in [-0.15, -0.1) is 0 Å². The molecule has 100 valence electrons. The molecule has 18 heavy (non-hydrogen) atoms. The van der Waals surface area contributed by atoms with Gasteiger partial charge in [0, 0.05) is 23.7 Å². The molecular weight excluding hydrogens is 242 g/mol. The molecule has 1 aliphatic rings. The largest absolute Gasteiger partial charge is 0.377 e. The van der Waals surface area contributed by atoms with Crippen molar-refractivity contribution < 1.29 is 4.74 Å². The van der Waals surface area contributed by atoms with Crippen molar-refractivity contribution in [3.63, 3.8) is 0 Å². The first-order valence-electron chi connectivity index (χ1n) is 6.67. The van der Waals surface area contributed by atoms with Crippen LogP contribution in [0.2, 0.25) is 0 Å². The summed E-state index contributed by atoms with van der Waals surface area (Å²) in [5.41, 5.74) is 2.70. The summed E-state index contributed by atoms with van der Waals surface area (Å²) in [4.78, 5) is 0. The lowest BCUT2D eigenvalue weighted by molar-refractivity contribution is 0.127. The van der Waals surface area contributed by atoms with Gasteiger partial charge in [0.1, 0.15) is 0 Å². The Balaban J connectivity index is 1.91. The van der Waals surface area contributed by atoms with Crippen molar-refractivity contribution in [1.29, 1.82) is 0 Å². The number of hydrogen-bond acceptors (Lipinski definition) is 3. The summed E-state index contributed by atoms with van der Waals surface area (Å²) in [5, 5.41) is 4.07. The highest BCUT2D eigenvalue weighted by molar-refractivity contribution is 8.00. The molecule has 0 amide bonds. The van der Waals surface area contributed by atoms with Crippen LogP contribution in [-0.4, -0.2) is 30.8 Å². The van der Waals surface area contributed by atoms with E-state index in [4.69, 9.17) is 4.74 Å². The lowest BCUT2D eigenvalue weighted by Gasteiger charge is -2.20. The zero-order chi connectivity index (χ0) is 13.0. The summed E-state index contributed by atoms with van der Waals surface area (Å²) in [5.74, 6) is 1.11. The fourth-order valence-corrected chi connectivity index (χ4v) is 3.71. The van der Waals surface area contributed by atoms with Gasteiger partial charge in [0.05, 0.1) is 6.10 Å². The molecule has 0 spiro atoms. The highest BCUT2D eigenvalue weighted by Gasteiger charge is 2.25. The van der Waals surface area contributed by atoms with Gasteiger partial charge in [-0.1, -0.05) is 29.8 Å². The van der Waals surface area contributed by atoms with Crippen LogP contribution in [0.4, 0.5) is 0 Å². The van der Waals surface area contributed by atoms with E-state index < -0.39 is 0 Å². The molecular formula is C15H23NOS. The molecule has 1 fully saturated rings. The highest BCUT2D eigenvalue weighted by Crippen LogP contribution is 2.29. The third kappa shape index (κ3) is 3.50. The van der Waals surface area contributed by atoms with Crippen LogP contribution in [-0.2, 0) is 4.74 Å². The first kappa shape index (κ1) is 13.9. The number of ether oxygens (including phenoxy) is 1. The normalized spacial score (nSPS) is 25.3. The van der Waals surface area contributed by atoms with Crippen LogP contribution < -0.4 is 5.32 Å². The van der Waals surface area contributed by atoms with Crippen molar-refractivity contribution in [2.75, 3.05) is 19.4 Å². The maximum atomic E-state index is 5.61. The molecule has 1 aliphatic heterocycles. The van der Waals surface area contributed by atoms with Crippen molar-refractivity contribution >= 4 is 11.8 Å². The second-order valence-electron chi connectivity index (χ2n) is 4.99. The van der Waals surface area contributed by atoms with Gasteiger partial charge in [-0.25, -0.2) is 0 Å². The second kappa shape index (κ2) is 6.60. The van der Waals surface area contributed by atoms with Crippen LogP contribution in [0.3, 0.4) is 0 Å². The number of hydrogen-bond donors (Lipinski definition) is 1. The van der Waals surface area contributed by atoms with E-state index >= 15 is 0 Å². The van der Waals surface area contributed by atoms with Crippen LogP contribution in [0.5, 0.6) is 0 Å². The first-order valence-corrected chi connectivity index (χ1v) is 7.72. The molecule has 1 heterocycles. The number of thioether (sulfide) groups is 1. The number of nitrogens with one attached hydrogen (secondary N) is 1. The zero-order valence-corrected chi connectivity index (χ0v) is 12.3. The van der Waals surface area contributed by atoms with Gasteiger partial charge in [-0.2, -0.15) is 11.8 Å². The molecule has 3 heteroatoms. The summed E-state index contributed by atoms with van der Waals surface area (Å²) in [6.45, 7) is 5.24. The quantitative estimate of drug-likeness (QED) is 0.883.